The van der Waals surface area contributed by atoms with Crippen LogP contribution in [0.5, 0.6) is 0 Å². The normalized spacial score (nSPS) is 20.8. The molecule has 45 heavy (non-hydrogen) atoms. The first kappa shape index (κ1) is 28.6. The van der Waals surface area contributed by atoms with Gasteiger partial charge < -0.3 is 4.74 Å². The number of Topliss-reactive ketones (excluding diaryl/α,β-unsaturated/α-hetero) is 2. The number of benzene rings is 5. The summed E-state index contributed by atoms with van der Waals surface area (Å²) in [6.07, 6.45) is 3.78. The van der Waals surface area contributed by atoms with Crippen molar-refractivity contribution in [3.8, 4) is 0 Å². The number of fused-ring (bicyclic) bond motifs is 2. The highest BCUT2D eigenvalue weighted by molar-refractivity contribution is 6.37. The first-order valence-electron chi connectivity index (χ1n) is 15.4. The van der Waals surface area contributed by atoms with E-state index in [0.29, 0.717) is 5.57 Å². The molecule has 2 aliphatic rings. The summed E-state index contributed by atoms with van der Waals surface area (Å²) in [6, 6.07) is 48.2. The molecule has 0 fully saturated rings. The van der Waals surface area contributed by atoms with E-state index < -0.39 is 16.9 Å². The maximum atomic E-state index is 15.4. The van der Waals surface area contributed by atoms with Crippen molar-refractivity contribution in [3.63, 3.8) is 0 Å². The lowest BCUT2D eigenvalue weighted by Crippen LogP contribution is -2.54. The Morgan fingerprint density at radius 2 is 1.00 bits per heavy atom. The summed E-state index contributed by atoms with van der Waals surface area (Å²) in [7, 11) is 1.59. The summed E-state index contributed by atoms with van der Waals surface area (Å²) in [6.45, 7) is 2.02. The topological polar surface area (TPSA) is 43.4 Å². The van der Waals surface area contributed by atoms with Crippen molar-refractivity contribution in [2.75, 3.05) is 7.11 Å². The minimum absolute atomic E-state index is 0.211. The molecular formula is C42H34O3. The van der Waals surface area contributed by atoms with E-state index in [0.717, 1.165) is 39.0 Å². The number of allylic oxidation sites excluding steroid dienone is 2. The van der Waals surface area contributed by atoms with Gasteiger partial charge in [0.25, 0.3) is 0 Å². The van der Waals surface area contributed by atoms with Gasteiger partial charge in [0, 0.05) is 24.5 Å². The van der Waals surface area contributed by atoms with Crippen molar-refractivity contribution in [1.82, 2.24) is 0 Å². The van der Waals surface area contributed by atoms with E-state index in [1.54, 1.807) is 13.2 Å². The second-order valence-corrected chi connectivity index (χ2v) is 12.0. The number of aryl methyl sites for hydroxylation is 1. The van der Waals surface area contributed by atoms with Crippen molar-refractivity contribution in [1.29, 1.82) is 0 Å². The van der Waals surface area contributed by atoms with Gasteiger partial charge >= 0.3 is 0 Å². The van der Waals surface area contributed by atoms with Gasteiger partial charge in [0.1, 0.15) is 5.41 Å². The summed E-state index contributed by atoms with van der Waals surface area (Å²) in [5.41, 5.74) is 3.95. The Morgan fingerprint density at radius 1 is 0.556 bits per heavy atom. The van der Waals surface area contributed by atoms with Gasteiger partial charge in [-0.15, -0.1) is 0 Å². The summed E-state index contributed by atoms with van der Waals surface area (Å²) >= 11 is 0. The highest BCUT2D eigenvalue weighted by Crippen LogP contribution is 2.61. The van der Waals surface area contributed by atoms with Gasteiger partial charge in [-0.2, -0.15) is 0 Å². The minimum atomic E-state index is -1.55. The first-order valence-corrected chi connectivity index (χ1v) is 15.4. The van der Waals surface area contributed by atoms with Crippen LogP contribution in [0.2, 0.25) is 0 Å². The third-order valence-electron chi connectivity index (χ3n) is 9.48. The highest BCUT2D eigenvalue weighted by atomic mass is 16.5. The maximum absolute atomic E-state index is 15.4. The molecule has 3 heteroatoms. The van der Waals surface area contributed by atoms with Crippen LogP contribution in [0.3, 0.4) is 0 Å². The maximum Gasteiger partial charge on any atom is 0.191 e. The molecule has 5 aromatic carbocycles. The van der Waals surface area contributed by atoms with Gasteiger partial charge in [0.2, 0.25) is 0 Å². The molecule has 2 aliphatic carbocycles. The molecule has 0 saturated carbocycles. The standard InChI is InChI=1S/C42H34O3/c1-29-23-25-30(26-24-29)35-27-42(45-2)36(37(31-15-7-3-8-16-31)32-17-9-4-10-18-32)28-41(39(35)43,40(42)44)38(33-19-11-5-12-20-33)34-21-13-6-14-22-34/h3-28,37-38H,1-2H3. The molecule has 3 nitrogen and oxygen atoms in total. The second kappa shape index (κ2) is 11.4. The Morgan fingerprint density at radius 3 is 1.44 bits per heavy atom. The zero-order valence-corrected chi connectivity index (χ0v) is 25.4. The van der Waals surface area contributed by atoms with Crippen LogP contribution in [0, 0.1) is 12.3 Å². The molecule has 0 aromatic heterocycles. The van der Waals surface area contributed by atoms with Crippen LogP contribution in [0.4, 0.5) is 0 Å². The molecule has 0 spiro atoms. The van der Waals surface area contributed by atoms with E-state index in [1.807, 2.05) is 134 Å². The van der Waals surface area contributed by atoms with Crippen LogP contribution in [-0.4, -0.2) is 24.3 Å². The predicted octanol–water partition coefficient (Wildman–Crippen LogP) is 8.51. The van der Waals surface area contributed by atoms with Crippen LogP contribution >= 0.6 is 0 Å². The molecular weight excluding hydrogens is 552 g/mol. The van der Waals surface area contributed by atoms with Crippen LogP contribution in [0.25, 0.3) is 5.57 Å². The smallest absolute Gasteiger partial charge is 0.191 e. The van der Waals surface area contributed by atoms with Gasteiger partial charge in [-0.25, -0.2) is 0 Å². The monoisotopic (exact) mass is 586 g/mol. The lowest BCUT2D eigenvalue weighted by Gasteiger charge is -2.41. The Bertz CT molecular complexity index is 1830. The van der Waals surface area contributed by atoms with Gasteiger partial charge in [-0.05, 0) is 46.4 Å². The molecule has 2 bridgehead atoms. The van der Waals surface area contributed by atoms with Gasteiger partial charge in [-0.1, -0.05) is 157 Å². The molecule has 0 saturated heterocycles. The average molecular weight is 587 g/mol. The van der Waals surface area contributed by atoms with E-state index >= 15 is 9.59 Å². The van der Waals surface area contributed by atoms with Crippen molar-refractivity contribution in [2.45, 2.75) is 24.4 Å². The largest absolute Gasteiger partial charge is 0.362 e. The number of hydrogen-bond donors (Lipinski definition) is 0. The third-order valence-corrected chi connectivity index (χ3v) is 9.48. The summed E-state index contributed by atoms with van der Waals surface area (Å²) in [4.78, 5) is 30.7. The Kier molecular flexibility index (Phi) is 7.27. The molecule has 2 unspecified atom stereocenters. The fourth-order valence-corrected chi connectivity index (χ4v) is 7.38. The number of ketones is 2. The zero-order chi connectivity index (χ0) is 31.0. The number of rotatable bonds is 8. The van der Waals surface area contributed by atoms with Crippen molar-refractivity contribution >= 4 is 17.1 Å². The third kappa shape index (κ3) is 4.54. The molecule has 5 aromatic rings. The average Bonchev–Trinajstić information content (AvgIpc) is 3.27. The van der Waals surface area contributed by atoms with Crippen LogP contribution in [0.15, 0.2) is 163 Å². The fourth-order valence-electron chi connectivity index (χ4n) is 7.38. The molecule has 0 N–H and O–H groups in total. The SMILES string of the molecule is COC12C=C(c3ccc(C)cc3)C(=O)C(C(c3ccccc3)c3ccccc3)(C=C1C(c1ccccc1)c1ccccc1)C2=O. The summed E-state index contributed by atoms with van der Waals surface area (Å²) in [5.74, 6) is -1.36. The van der Waals surface area contributed by atoms with Crippen molar-refractivity contribution in [2.24, 2.45) is 5.41 Å². The molecule has 2 atom stereocenters. The van der Waals surface area contributed by atoms with Gasteiger partial charge in [0.05, 0.1) is 0 Å². The summed E-state index contributed by atoms with van der Waals surface area (Å²) < 4.78 is 6.44. The van der Waals surface area contributed by atoms with Crippen LogP contribution in [0.1, 0.15) is 45.2 Å². The highest BCUT2D eigenvalue weighted by Gasteiger charge is 2.68. The number of ether oxygens (including phenoxy) is 1. The van der Waals surface area contributed by atoms with Crippen LogP contribution < -0.4 is 0 Å². The quantitative estimate of drug-likeness (QED) is 0.135. The van der Waals surface area contributed by atoms with E-state index in [9.17, 15) is 0 Å². The van der Waals surface area contributed by atoms with E-state index in [4.69, 9.17) is 4.74 Å². The lowest BCUT2D eigenvalue weighted by molar-refractivity contribution is -0.145. The molecule has 7 rings (SSSR count). The van der Waals surface area contributed by atoms with Crippen LogP contribution in [-0.2, 0) is 14.3 Å². The Balaban J connectivity index is 1.59. The molecule has 0 aliphatic heterocycles. The summed E-state index contributed by atoms with van der Waals surface area (Å²) in [5, 5.41) is 0. The Hall–Kier alpha value is -5.12. The van der Waals surface area contributed by atoms with Crippen molar-refractivity contribution in [3.05, 3.63) is 197 Å². The number of hydrogen-bond acceptors (Lipinski definition) is 3. The van der Waals surface area contributed by atoms with Gasteiger partial charge in [-0.3, -0.25) is 9.59 Å². The number of carbonyl (C=O) groups excluding carboxylic acids is 2. The lowest BCUT2D eigenvalue weighted by atomic mass is 9.59. The fraction of sp³-hybridized carbons (Fsp3) is 0.143. The van der Waals surface area contributed by atoms with Crippen molar-refractivity contribution < 1.29 is 14.3 Å². The van der Waals surface area contributed by atoms with E-state index in [-0.39, 0.29) is 17.5 Å². The molecule has 0 heterocycles. The Labute approximate surface area is 264 Å². The van der Waals surface area contributed by atoms with E-state index in [2.05, 4.69) is 24.3 Å². The number of methoxy groups -OCH3 is 1. The molecule has 0 radical (unpaired) electrons. The number of carbonyl (C=O) groups is 2. The second-order valence-electron chi connectivity index (χ2n) is 12.0. The molecule has 220 valence electrons. The zero-order valence-electron chi connectivity index (χ0n) is 25.4. The predicted molar refractivity (Wildman–Crippen MR) is 179 cm³/mol. The molecule has 0 amide bonds. The minimum Gasteiger partial charge on any atom is -0.362 e. The van der Waals surface area contributed by atoms with Gasteiger partial charge in [0.15, 0.2) is 17.2 Å². The van der Waals surface area contributed by atoms with E-state index in [1.165, 1.54) is 0 Å². The first-order chi connectivity index (χ1) is 22.0.